The molecule has 94 valence electrons. The van der Waals surface area contributed by atoms with Crippen molar-refractivity contribution in [1.82, 2.24) is 5.32 Å². The first-order chi connectivity index (χ1) is 8.08. The summed E-state index contributed by atoms with van der Waals surface area (Å²) < 4.78 is 0. The van der Waals surface area contributed by atoms with Crippen molar-refractivity contribution in [3.8, 4) is 5.75 Å². The number of nitrogens with one attached hydrogen (secondary N) is 1. The monoisotopic (exact) mass is 253 g/mol. The summed E-state index contributed by atoms with van der Waals surface area (Å²) in [6.07, 6.45) is 1.00. The van der Waals surface area contributed by atoms with Crippen LogP contribution in [0, 0.1) is 5.92 Å². The minimum Gasteiger partial charge on any atom is -0.508 e. The summed E-state index contributed by atoms with van der Waals surface area (Å²) >= 11 is 1.43. The number of benzene rings is 1. The van der Waals surface area contributed by atoms with Gasteiger partial charge in [-0.15, -0.1) is 11.8 Å². The van der Waals surface area contributed by atoms with Crippen molar-refractivity contribution in [1.29, 1.82) is 0 Å². The molecule has 0 radical (unpaired) electrons. The molecule has 1 aromatic carbocycles. The van der Waals surface area contributed by atoms with E-state index in [1.165, 1.54) is 11.8 Å². The topological polar surface area (TPSA) is 49.3 Å². The van der Waals surface area contributed by atoms with Crippen molar-refractivity contribution in [2.45, 2.75) is 25.2 Å². The maximum Gasteiger partial charge on any atom is 0.230 e. The van der Waals surface area contributed by atoms with E-state index in [0.29, 0.717) is 11.7 Å². The van der Waals surface area contributed by atoms with E-state index in [2.05, 4.69) is 19.2 Å². The number of carbonyl (C=O) groups is 1. The molecule has 3 nitrogen and oxygen atoms in total. The lowest BCUT2D eigenvalue weighted by atomic mass is 10.1. The molecule has 0 atom stereocenters. The fourth-order valence-electron chi connectivity index (χ4n) is 1.27. The summed E-state index contributed by atoms with van der Waals surface area (Å²) in [6, 6.07) is 6.93. The van der Waals surface area contributed by atoms with Crippen LogP contribution in [0.2, 0.25) is 0 Å². The van der Waals surface area contributed by atoms with Crippen molar-refractivity contribution in [3.63, 3.8) is 0 Å². The Morgan fingerprint density at radius 3 is 2.88 bits per heavy atom. The number of thioether (sulfide) groups is 1. The summed E-state index contributed by atoms with van der Waals surface area (Å²) in [5.74, 6) is 1.27. The second-order valence-corrected chi connectivity index (χ2v) is 5.37. The zero-order valence-electron chi connectivity index (χ0n) is 10.3. The molecule has 2 N–H and O–H groups in total. The number of phenolic OH excluding ortho intramolecular Hbond substituents is 1. The predicted octanol–water partition coefficient (Wildman–Crippen LogP) is 2.65. The molecular formula is C13H19NO2S. The highest BCUT2D eigenvalue weighted by Crippen LogP contribution is 2.21. The zero-order chi connectivity index (χ0) is 12.7. The van der Waals surface area contributed by atoms with Gasteiger partial charge in [0.1, 0.15) is 5.75 Å². The minimum atomic E-state index is 0.0407. The van der Waals surface area contributed by atoms with Gasteiger partial charge in [-0.05, 0) is 30.5 Å². The Kier molecular flexibility index (Phi) is 5.91. The van der Waals surface area contributed by atoms with Crippen LogP contribution in [-0.4, -0.2) is 23.3 Å². The molecule has 1 rings (SSSR count). The molecule has 0 fully saturated rings. The average Bonchev–Trinajstić information content (AvgIpc) is 2.26. The van der Waals surface area contributed by atoms with E-state index >= 15 is 0 Å². The molecule has 0 bridgehead atoms. The second-order valence-electron chi connectivity index (χ2n) is 4.32. The molecule has 0 aliphatic carbocycles. The quantitative estimate of drug-likeness (QED) is 0.766. The van der Waals surface area contributed by atoms with E-state index in [1.807, 2.05) is 6.07 Å². The highest BCUT2D eigenvalue weighted by Gasteiger charge is 2.03. The van der Waals surface area contributed by atoms with E-state index in [0.717, 1.165) is 17.9 Å². The fraction of sp³-hybridized carbons (Fsp3) is 0.462. The van der Waals surface area contributed by atoms with Crippen LogP contribution in [0.5, 0.6) is 5.75 Å². The van der Waals surface area contributed by atoms with Crippen LogP contribution in [-0.2, 0) is 4.79 Å². The highest BCUT2D eigenvalue weighted by atomic mass is 32.2. The number of rotatable bonds is 6. The highest BCUT2D eigenvalue weighted by molar-refractivity contribution is 8.00. The van der Waals surface area contributed by atoms with Gasteiger partial charge in [0.15, 0.2) is 0 Å². The third-order valence-electron chi connectivity index (χ3n) is 2.23. The summed E-state index contributed by atoms with van der Waals surface area (Å²) in [6.45, 7) is 5.00. The van der Waals surface area contributed by atoms with Crippen molar-refractivity contribution >= 4 is 17.7 Å². The largest absolute Gasteiger partial charge is 0.508 e. The van der Waals surface area contributed by atoms with E-state index in [-0.39, 0.29) is 11.7 Å². The number of carbonyl (C=O) groups excluding carboxylic acids is 1. The van der Waals surface area contributed by atoms with Crippen molar-refractivity contribution < 1.29 is 9.90 Å². The lowest BCUT2D eigenvalue weighted by Gasteiger charge is -2.07. The Morgan fingerprint density at radius 2 is 2.24 bits per heavy atom. The smallest absolute Gasteiger partial charge is 0.230 e. The lowest BCUT2D eigenvalue weighted by Crippen LogP contribution is -2.26. The van der Waals surface area contributed by atoms with Crippen LogP contribution in [0.1, 0.15) is 20.3 Å². The third-order valence-corrected chi connectivity index (χ3v) is 3.23. The van der Waals surface area contributed by atoms with E-state index in [4.69, 9.17) is 0 Å². The van der Waals surface area contributed by atoms with Gasteiger partial charge in [0, 0.05) is 11.4 Å². The maximum absolute atomic E-state index is 11.5. The molecule has 0 saturated carbocycles. The van der Waals surface area contributed by atoms with Crippen LogP contribution < -0.4 is 5.32 Å². The van der Waals surface area contributed by atoms with Gasteiger partial charge in [0.25, 0.3) is 0 Å². The number of aromatic hydroxyl groups is 1. The van der Waals surface area contributed by atoms with Crippen LogP contribution in [0.25, 0.3) is 0 Å². The van der Waals surface area contributed by atoms with Gasteiger partial charge in [0.05, 0.1) is 5.75 Å². The molecule has 1 aromatic rings. The van der Waals surface area contributed by atoms with Crippen molar-refractivity contribution in [3.05, 3.63) is 24.3 Å². The number of hydrogen-bond donors (Lipinski definition) is 2. The lowest BCUT2D eigenvalue weighted by molar-refractivity contribution is -0.118. The van der Waals surface area contributed by atoms with E-state index in [1.54, 1.807) is 18.2 Å². The second kappa shape index (κ2) is 7.22. The summed E-state index contributed by atoms with van der Waals surface area (Å²) in [5.41, 5.74) is 0. The molecule has 0 spiro atoms. The first-order valence-electron chi connectivity index (χ1n) is 5.76. The average molecular weight is 253 g/mol. The first-order valence-corrected chi connectivity index (χ1v) is 6.75. The molecular weight excluding hydrogens is 234 g/mol. The normalized spacial score (nSPS) is 10.5. The van der Waals surface area contributed by atoms with Gasteiger partial charge in [-0.2, -0.15) is 0 Å². The van der Waals surface area contributed by atoms with Gasteiger partial charge in [0.2, 0.25) is 5.91 Å². The Hall–Kier alpha value is -1.16. The summed E-state index contributed by atoms with van der Waals surface area (Å²) in [7, 11) is 0. The SMILES string of the molecule is CC(C)CCNC(=O)CSc1cccc(O)c1. The standard InChI is InChI=1S/C13H19NO2S/c1-10(2)6-7-14-13(16)9-17-12-5-3-4-11(15)8-12/h3-5,8,10,15H,6-7,9H2,1-2H3,(H,14,16). The van der Waals surface area contributed by atoms with Crippen LogP contribution >= 0.6 is 11.8 Å². The Balaban J connectivity index is 2.24. The molecule has 0 saturated heterocycles. The van der Waals surface area contributed by atoms with Crippen LogP contribution in [0.4, 0.5) is 0 Å². The van der Waals surface area contributed by atoms with Crippen molar-refractivity contribution in [2.75, 3.05) is 12.3 Å². The number of hydrogen-bond acceptors (Lipinski definition) is 3. The van der Waals surface area contributed by atoms with Gasteiger partial charge < -0.3 is 10.4 Å². The molecule has 17 heavy (non-hydrogen) atoms. The van der Waals surface area contributed by atoms with Gasteiger partial charge >= 0.3 is 0 Å². The molecule has 1 amide bonds. The number of amides is 1. The minimum absolute atomic E-state index is 0.0407. The fourth-order valence-corrected chi connectivity index (χ4v) is 2.05. The van der Waals surface area contributed by atoms with Gasteiger partial charge in [-0.1, -0.05) is 19.9 Å². The van der Waals surface area contributed by atoms with Crippen molar-refractivity contribution in [2.24, 2.45) is 5.92 Å². The number of phenols is 1. The van der Waals surface area contributed by atoms with E-state index in [9.17, 15) is 9.90 Å². The molecule has 0 heterocycles. The third kappa shape index (κ3) is 6.22. The Morgan fingerprint density at radius 1 is 1.47 bits per heavy atom. The Labute approximate surface area is 107 Å². The summed E-state index contributed by atoms with van der Waals surface area (Å²) in [5, 5.41) is 12.1. The first kappa shape index (κ1) is 13.9. The molecule has 0 unspecified atom stereocenters. The van der Waals surface area contributed by atoms with E-state index < -0.39 is 0 Å². The predicted molar refractivity (Wildman–Crippen MR) is 71.3 cm³/mol. The summed E-state index contributed by atoms with van der Waals surface area (Å²) in [4.78, 5) is 12.4. The zero-order valence-corrected chi connectivity index (χ0v) is 11.1. The van der Waals surface area contributed by atoms with Crippen LogP contribution in [0.3, 0.4) is 0 Å². The molecule has 0 aromatic heterocycles. The van der Waals surface area contributed by atoms with Crippen LogP contribution in [0.15, 0.2) is 29.2 Å². The molecule has 0 aliphatic rings. The maximum atomic E-state index is 11.5. The molecule has 4 heteroatoms. The van der Waals surface area contributed by atoms with Gasteiger partial charge in [-0.3, -0.25) is 4.79 Å². The molecule has 0 aliphatic heterocycles. The Bertz CT molecular complexity index is 366. The van der Waals surface area contributed by atoms with Gasteiger partial charge in [-0.25, -0.2) is 0 Å².